The highest BCUT2D eigenvalue weighted by Crippen LogP contribution is 2.31. The third-order valence-electron chi connectivity index (χ3n) is 1.61. The molecule has 13 heavy (non-hydrogen) atoms. The number of phenolic OH excluding ortho intramolecular Hbond substituents is 2. The van der Waals surface area contributed by atoms with Gasteiger partial charge in [-0.3, -0.25) is 0 Å². The van der Waals surface area contributed by atoms with Gasteiger partial charge in [-0.2, -0.15) is 4.39 Å². The fourth-order valence-electron chi connectivity index (χ4n) is 0.973. The second kappa shape index (κ2) is 3.57. The van der Waals surface area contributed by atoms with Crippen molar-refractivity contribution in [1.82, 2.24) is 5.32 Å². The van der Waals surface area contributed by atoms with Gasteiger partial charge in [-0.1, -0.05) is 0 Å². The number of aromatic hydroxyl groups is 2. The number of hydrogen-bond donors (Lipinski definition) is 3. The molecule has 0 spiro atoms. The Morgan fingerprint density at radius 2 is 1.92 bits per heavy atom. The third-order valence-corrected chi connectivity index (χ3v) is 1.61. The fraction of sp³-hybridized carbons (Fsp3) is 0.250. The molecular formula is C8H9F2NO2. The Morgan fingerprint density at radius 1 is 1.31 bits per heavy atom. The van der Waals surface area contributed by atoms with Crippen molar-refractivity contribution in [2.45, 2.75) is 6.54 Å². The van der Waals surface area contributed by atoms with Crippen molar-refractivity contribution in [3.63, 3.8) is 0 Å². The lowest BCUT2D eigenvalue weighted by Gasteiger charge is -2.06. The summed E-state index contributed by atoms with van der Waals surface area (Å²) < 4.78 is 25.5. The first-order valence-corrected chi connectivity index (χ1v) is 3.61. The van der Waals surface area contributed by atoms with Crippen molar-refractivity contribution in [1.29, 1.82) is 0 Å². The average Bonchev–Trinajstić information content (AvgIpc) is 2.11. The van der Waals surface area contributed by atoms with Crippen LogP contribution in [0, 0.1) is 11.6 Å². The Labute approximate surface area is 73.6 Å². The van der Waals surface area contributed by atoms with Crippen LogP contribution in [0.1, 0.15) is 5.56 Å². The summed E-state index contributed by atoms with van der Waals surface area (Å²) >= 11 is 0. The smallest absolute Gasteiger partial charge is 0.209 e. The third kappa shape index (κ3) is 1.70. The first kappa shape index (κ1) is 9.73. The van der Waals surface area contributed by atoms with Crippen LogP contribution in [0.15, 0.2) is 6.07 Å². The Bertz CT molecular complexity index is 328. The van der Waals surface area contributed by atoms with E-state index in [2.05, 4.69) is 5.32 Å². The molecule has 0 amide bonds. The topological polar surface area (TPSA) is 52.5 Å². The van der Waals surface area contributed by atoms with Crippen LogP contribution >= 0.6 is 0 Å². The van der Waals surface area contributed by atoms with Gasteiger partial charge in [0.1, 0.15) is 0 Å². The van der Waals surface area contributed by atoms with Gasteiger partial charge < -0.3 is 15.5 Å². The van der Waals surface area contributed by atoms with E-state index in [-0.39, 0.29) is 12.1 Å². The zero-order chi connectivity index (χ0) is 10.0. The van der Waals surface area contributed by atoms with Gasteiger partial charge in [0, 0.05) is 12.1 Å². The van der Waals surface area contributed by atoms with Crippen LogP contribution in [0.3, 0.4) is 0 Å². The molecule has 0 aliphatic carbocycles. The van der Waals surface area contributed by atoms with Crippen molar-refractivity contribution >= 4 is 0 Å². The van der Waals surface area contributed by atoms with E-state index in [4.69, 9.17) is 10.2 Å². The molecule has 1 rings (SSSR count). The van der Waals surface area contributed by atoms with Crippen LogP contribution in [-0.2, 0) is 6.54 Å². The van der Waals surface area contributed by atoms with Crippen LogP contribution < -0.4 is 5.32 Å². The molecule has 0 unspecified atom stereocenters. The number of hydrogen-bond acceptors (Lipinski definition) is 3. The highest BCUT2D eigenvalue weighted by molar-refractivity contribution is 5.42. The molecule has 0 aliphatic rings. The Kier molecular flexibility index (Phi) is 2.67. The first-order valence-electron chi connectivity index (χ1n) is 3.61. The van der Waals surface area contributed by atoms with Crippen molar-refractivity contribution in [2.24, 2.45) is 0 Å². The molecule has 0 aromatic heterocycles. The van der Waals surface area contributed by atoms with E-state index in [0.717, 1.165) is 6.07 Å². The molecule has 3 nitrogen and oxygen atoms in total. The van der Waals surface area contributed by atoms with Gasteiger partial charge in [-0.25, -0.2) is 4.39 Å². The molecule has 0 atom stereocenters. The Balaban J connectivity index is 3.24. The summed E-state index contributed by atoms with van der Waals surface area (Å²) in [5.74, 6) is -4.29. The summed E-state index contributed by atoms with van der Waals surface area (Å²) in [6.45, 7) is 0.125. The van der Waals surface area contributed by atoms with Crippen molar-refractivity contribution in [2.75, 3.05) is 7.05 Å². The van der Waals surface area contributed by atoms with E-state index >= 15 is 0 Å². The van der Waals surface area contributed by atoms with E-state index in [9.17, 15) is 8.78 Å². The molecule has 0 saturated carbocycles. The van der Waals surface area contributed by atoms with E-state index in [0.29, 0.717) is 0 Å². The van der Waals surface area contributed by atoms with E-state index in [1.807, 2.05) is 0 Å². The van der Waals surface area contributed by atoms with Gasteiger partial charge in [0.25, 0.3) is 0 Å². The van der Waals surface area contributed by atoms with Crippen molar-refractivity contribution in [3.05, 3.63) is 23.3 Å². The number of rotatable bonds is 2. The number of halogens is 2. The maximum atomic E-state index is 12.8. The minimum Gasteiger partial charge on any atom is -0.504 e. The Morgan fingerprint density at radius 3 is 2.46 bits per heavy atom. The maximum Gasteiger partial charge on any atom is 0.209 e. The summed E-state index contributed by atoms with van der Waals surface area (Å²) in [7, 11) is 1.57. The van der Waals surface area contributed by atoms with E-state index in [1.165, 1.54) is 0 Å². The van der Waals surface area contributed by atoms with Gasteiger partial charge in [-0.05, 0) is 13.1 Å². The molecule has 1 aromatic rings. The van der Waals surface area contributed by atoms with Crippen LogP contribution in [0.5, 0.6) is 11.5 Å². The molecule has 1 aromatic carbocycles. The fourth-order valence-corrected chi connectivity index (χ4v) is 0.973. The van der Waals surface area contributed by atoms with Gasteiger partial charge in [0.2, 0.25) is 5.82 Å². The maximum absolute atomic E-state index is 12.8. The lowest BCUT2D eigenvalue weighted by atomic mass is 10.1. The molecule has 72 valence electrons. The monoisotopic (exact) mass is 189 g/mol. The lowest BCUT2D eigenvalue weighted by molar-refractivity contribution is 0.362. The first-order chi connectivity index (χ1) is 6.07. The quantitative estimate of drug-likeness (QED) is 0.652. The Hall–Kier alpha value is -1.36. The standard InChI is InChI=1S/C8H9F2NO2/c1-11-3-4-2-5(9)8(13)6(10)7(4)12/h2,11-13H,3H2,1H3. The van der Waals surface area contributed by atoms with Gasteiger partial charge in [0.05, 0.1) is 0 Å². The van der Waals surface area contributed by atoms with Crippen LogP contribution in [0.25, 0.3) is 0 Å². The van der Waals surface area contributed by atoms with Gasteiger partial charge in [0.15, 0.2) is 17.3 Å². The highest BCUT2D eigenvalue weighted by Gasteiger charge is 2.16. The van der Waals surface area contributed by atoms with Crippen LogP contribution in [0.2, 0.25) is 0 Å². The molecule has 0 aliphatic heterocycles. The average molecular weight is 189 g/mol. The summed E-state index contributed by atoms with van der Waals surface area (Å²) in [4.78, 5) is 0. The summed E-state index contributed by atoms with van der Waals surface area (Å²) in [5.41, 5.74) is 0.0651. The normalized spacial score (nSPS) is 10.4. The summed E-state index contributed by atoms with van der Waals surface area (Å²) in [5, 5.41) is 20.5. The van der Waals surface area contributed by atoms with Gasteiger partial charge >= 0.3 is 0 Å². The molecule has 0 fully saturated rings. The predicted octanol–water partition coefficient (Wildman–Crippen LogP) is 1.10. The number of nitrogens with one attached hydrogen (secondary N) is 1. The van der Waals surface area contributed by atoms with E-state index in [1.54, 1.807) is 7.05 Å². The molecule has 3 N–H and O–H groups in total. The lowest BCUT2D eigenvalue weighted by Crippen LogP contribution is -2.06. The van der Waals surface area contributed by atoms with Gasteiger partial charge in [-0.15, -0.1) is 0 Å². The highest BCUT2D eigenvalue weighted by atomic mass is 19.1. The zero-order valence-electron chi connectivity index (χ0n) is 6.93. The second-order valence-electron chi connectivity index (χ2n) is 2.56. The van der Waals surface area contributed by atoms with Crippen molar-refractivity contribution < 1.29 is 19.0 Å². The molecule has 5 heteroatoms. The molecule has 0 radical (unpaired) electrons. The minimum atomic E-state index is -1.33. The van der Waals surface area contributed by atoms with E-state index < -0.39 is 23.1 Å². The SMILES string of the molecule is CNCc1cc(F)c(O)c(F)c1O. The van der Waals surface area contributed by atoms with Crippen LogP contribution in [0.4, 0.5) is 8.78 Å². The summed E-state index contributed by atoms with van der Waals surface area (Å²) in [6.07, 6.45) is 0. The number of benzene rings is 1. The molecular weight excluding hydrogens is 180 g/mol. The minimum absolute atomic E-state index is 0.0651. The largest absolute Gasteiger partial charge is 0.504 e. The van der Waals surface area contributed by atoms with Crippen LogP contribution in [-0.4, -0.2) is 17.3 Å². The van der Waals surface area contributed by atoms with Crippen molar-refractivity contribution in [3.8, 4) is 11.5 Å². The molecule has 0 heterocycles. The zero-order valence-corrected chi connectivity index (χ0v) is 6.93. The number of phenols is 2. The molecule has 0 saturated heterocycles. The predicted molar refractivity (Wildman–Crippen MR) is 42.5 cm³/mol. The molecule has 0 bridgehead atoms. The second-order valence-corrected chi connectivity index (χ2v) is 2.56. The summed E-state index contributed by atoms with van der Waals surface area (Å²) in [6, 6.07) is 0.879.